The molecule has 43 heteroatoms. The first kappa shape index (κ1) is 88.1. The Balaban J connectivity index is 2.04. The fourth-order valence-corrected chi connectivity index (χ4v) is 10.2. The van der Waals surface area contributed by atoms with E-state index in [0.29, 0.717) is 5.56 Å². The van der Waals surface area contributed by atoms with Crippen molar-refractivity contribution < 1.29 is 132 Å². The number of aromatic hydroxyl groups is 1. The number of nitrogens with one attached hydrogen (secondary N) is 9. The molecule has 21 atom stereocenters. The van der Waals surface area contributed by atoms with E-state index < -0.39 is 263 Å². The van der Waals surface area contributed by atoms with Gasteiger partial charge in [-0.15, -0.1) is 0 Å². The number of nitrogens with zero attached hydrogens (tertiary/aromatic N) is 1. The van der Waals surface area contributed by atoms with Crippen LogP contribution in [0.5, 0.6) is 5.75 Å². The van der Waals surface area contributed by atoms with E-state index in [0.717, 1.165) is 0 Å². The van der Waals surface area contributed by atoms with Crippen LogP contribution in [0.2, 0.25) is 0 Å². The zero-order valence-corrected chi connectivity index (χ0v) is 56.9. The second-order valence-electron chi connectivity index (χ2n) is 24.5. The lowest BCUT2D eigenvalue weighted by atomic mass is 9.96. The highest BCUT2D eigenvalue weighted by atomic mass is 16.7. The number of carboxylic acids is 1. The Morgan fingerprint density at radius 1 is 0.553 bits per heavy atom. The van der Waals surface area contributed by atoms with Crippen molar-refractivity contribution in [3.63, 3.8) is 0 Å². The summed E-state index contributed by atoms with van der Waals surface area (Å²) in [6.07, 6.45) is -22.8. The van der Waals surface area contributed by atoms with E-state index in [4.69, 9.17) is 53.3 Å². The molecule has 0 aromatic heterocycles. The van der Waals surface area contributed by atoms with Gasteiger partial charge in [0, 0.05) is 19.4 Å². The van der Waals surface area contributed by atoms with Gasteiger partial charge >= 0.3 is 5.97 Å². The minimum atomic E-state index is -2.25. The van der Waals surface area contributed by atoms with Crippen molar-refractivity contribution in [3.05, 3.63) is 29.8 Å². The van der Waals surface area contributed by atoms with Crippen molar-refractivity contribution in [1.29, 1.82) is 0 Å². The van der Waals surface area contributed by atoms with E-state index in [1.807, 2.05) is 0 Å². The second kappa shape index (κ2) is 43.1. The number of primary amides is 3. The third kappa shape index (κ3) is 28.2. The molecule has 2 saturated heterocycles. The number of aliphatic imine (C=N–C) groups is 1. The first-order valence-corrected chi connectivity index (χ1v) is 32.6. The lowest BCUT2D eigenvalue weighted by molar-refractivity contribution is -0.359. The van der Waals surface area contributed by atoms with Crippen LogP contribution in [0.1, 0.15) is 84.6 Å². The van der Waals surface area contributed by atoms with E-state index in [1.54, 1.807) is 13.8 Å². The quantitative estimate of drug-likeness (QED) is 0.0164. The molecule has 12 amide bonds. The number of ether oxygens (including phenoxy) is 4. The predicted molar refractivity (Wildman–Crippen MR) is 350 cm³/mol. The largest absolute Gasteiger partial charge is 0.508 e. The van der Waals surface area contributed by atoms with Crippen LogP contribution in [0.15, 0.2) is 29.3 Å². The van der Waals surface area contributed by atoms with Gasteiger partial charge in [0.05, 0.1) is 51.9 Å². The number of carboxylic acid groups (broad SMARTS) is 1. The number of guanidine groups is 1. The molecule has 0 radical (unpaired) electrons. The maximum absolute atomic E-state index is 14.8. The van der Waals surface area contributed by atoms with E-state index >= 15 is 0 Å². The van der Waals surface area contributed by atoms with Crippen LogP contribution in [-0.4, -0.2) is 289 Å². The van der Waals surface area contributed by atoms with E-state index in [-0.39, 0.29) is 50.4 Å². The first-order valence-electron chi connectivity index (χ1n) is 32.6. The summed E-state index contributed by atoms with van der Waals surface area (Å²) < 4.78 is 22.4. The Kier molecular flexibility index (Phi) is 36.9. The molecule has 1 aromatic carbocycles. The van der Waals surface area contributed by atoms with Gasteiger partial charge in [-0.3, -0.25) is 67.3 Å². The lowest BCUT2D eigenvalue weighted by Gasteiger charge is -2.46. The van der Waals surface area contributed by atoms with Gasteiger partial charge in [-0.25, -0.2) is 0 Å². The molecule has 0 bridgehead atoms. The molecule has 0 saturated carbocycles. The van der Waals surface area contributed by atoms with Crippen LogP contribution in [0.4, 0.5) is 0 Å². The SMILES string of the molecule is CC[C@H](C)[C@H](NC(=O)CNC(=O)[C@H](Cc1ccc(O)cc1)NC(=O)[C@@H](N)CC(=O)O)C(=O)N[C@@H](CO[C@@H]1O[C@H](CO)[C@@H](O[C@@H]2O[C@H](CO)[C@H](O)[C@H](O)[C@H]2O)[C@H](O)[C@H]1O)C(=O)N[C@@H](CCC(N)=O)C(=O)N[C@H](C(=O)N[C@@H](CC(N)=O)C(=O)N[C@@H](CO)C(=O)N[C@@H](CCCN=C(N)N)C(N)=O)[C@@H](C)CC. The molecule has 103 heavy (non-hydrogen) atoms. The lowest BCUT2D eigenvalue weighted by Crippen LogP contribution is -2.65. The zero-order valence-electron chi connectivity index (χ0n) is 56.9. The van der Waals surface area contributed by atoms with Crippen LogP contribution < -0.4 is 82.3 Å². The summed E-state index contributed by atoms with van der Waals surface area (Å²) in [6, 6.07) is -10.4. The number of carbonyl (C=O) groups excluding carboxylic acids is 12. The third-order valence-corrected chi connectivity index (χ3v) is 16.6. The number of benzene rings is 1. The highest BCUT2D eigenvalue weighted by Crippen LogP contribution is 2.30. The second-order valence-corrected chi connectivity index (χ2v) is 24.5. The number of nitrogens with two attached hydrogens (primary N) is 6. The van der Waals surface area contributed by atoms with Gasteiger partial charge in [-0.2, -0.15) is 0 Å². The molecule has 0 aliphatic carbocycles. The Labute approximate surface area is 589 Å². The highest BCUT2D eigenvalue weighted by Gasteiger charge is 2.51. The molecule has 1 aromatic rings. The molecule has 31 N–H and O–H groups in total. The summed E-state index contributed by atoms with van der Waals surface area (Å²) >= 11 is 0. The molecule has 2 aliphatic heterocycles. The smallest absolute Gasteiger partial charge is 0.305 e. The summed E-state index contributed by atoms with van der Waals surface area (Å²) in [6.45, 7) is 0.914. The van der Waals surface area contributed by atoms with Gasteiger partial charge in [0.1, 0.15) is 103 Å². The Bertz CT molecular complexity index is 3080. The zero-order chi connectivity index (χ0) is 77.7. The minimum Gasteiger partial charge on any atom is -0.508 e. The predicted octanol–water partition coefficient (Wildman–Crippen LogP) is -12.9. The number of carbonyl (C=O) groups is 13. The van der Waals surface area contributed by atoms with Crippen LogP contribution in [0.3, 0.4) is 0 Å². The van der Waals surface area contributed by atoms with Crippen LogP contribution in [-0.2, 0) is 87.7 Å². The molecular formula is C60H98N16O27. The van der Waals surface area contributed by atoms with Crippen molar-refractivity contribution >= 4 is 82.8 Å². The number of hydrogen-bond acceptors (Lipinski definition) is 28. The molecular weight excluding hydrogens is 1380 g/mol. The third-order valence-electron chi connectivity index (χ3n) is 16.6. The van der Waals surface area contributed by atoms with Crippen molar-refractivity contribution in [2.24, 2.45) is 51.2 Å². The summed E-state index contributed by atoms with van der Waals surface area (Å²) in [5.74, 6) is -17.5. The van der Waals surface area contributed by atoms with Crippen LogP contribution in [0.25, 0.3) is 0 Å². The summed E-state index contributed by atoms with van der Waals surface area (Å²) in [5.41, 5.74) is 33.1. The van der Waals surface area contributed by atoms with Gasteiger partial charge in [0.2, 0.25) is 70.9 Å². The number of aliphatic hydroxyl groups excluding tert-OH is 8. The van der Waals surface area contributed by atoms with Crippen LogP contribution in [0, 0.1) is 11.8 Å². The van der Waals surface area contributed by atoms with E-state index in [1.165, 1.54) is 38.1 Å². The molecule has 3 rings (SSSR count). The topological polar surface area (TPSA) is 738 Å². The number of phenols is 1. The molecule has 0 unspecified atom stereocenters. The molecule has 2 heterocycles. The number of aliphatic hydroxyl groups is 8. The summed E-state index contributed by atoms with van der Waals surface area (Å²) in [5, 5.41) is 124. The molecule has 580 valence electrons. The first-order chi connectivity index (χ1) is 48.4. The monoisotopic (exact) mass is 1470 g/mol. The van der Waals surface area contributed by atoms with Gasteiger partial charge in [0.15, 0.2) is 18.5 Å². The van der Waals surface area contributed by atoms with E-state index in [2.05, 4.69) is 52.8 Å². The number of amides is 12. The Hall–Kier alpha value is -9.12. The van der Waals surface area contributed by atoms with E-state index in [9.17, 15) is 113 Å². The molecule has 43 nitrogen and oxygen atoms in total. The Morgan fingerprint density at radius 3 is 1.61 bits per heavy atom. The fraction of sp³-hybridized carbons (Fsp3) is 0.667. The van der Waals surface area contributed by atoms with Crippen molar-refractivity contribution in [1.82, 2.24) is 47.9 Å². The van der Waals surface area contributed by atoms with Crippen LogP contribution >= 0.6 is 0 Å². The van der Waals surface area contributed by atoms with Gasteiger partial charge in [-0.05, 0) is 48.8 Å². The molecule has 2 fully saturated rings. The Morgan fingerprint density at radius 2 is 1.07 bits per heavy atom. The standard InChI is InChI=1S/C60H98N16O27/c1-5-24(3)41(75-39(83)19-68-51(93)31(16-26-9-11-27(80)12-10-26)71-50(92)28(61)17-40(84)85)56(98)74-34(23-100-58-47(90)45(88)48(36(22-79)102-58)103-59-46(89)44(87)43(86)35(21-78)101-59)55(97)70-30(13-14-37(62)81)52(94)76-42(25(4)6-2)57(99)72-32(18-38(63)82)53(95)73-33(20-77)54(96)69-29(49(64)91)8-7-15-67-60(65)66/h9-12,24-25,28-36,41-48,58-59,77-80,86-90H,5-8,13-23,61H2,1-4H3,(H2,62,81)(H2,63,82)(H2,64,91)(H,68,93)(H,69,96)(H,70,97)(H,71,92)(H,72,99)(H,73,95)(H,74,98)(H,75,83)(H,76,94)(H,84,85)(H4,65,66,67)/t24-,25-,28-,29-,30-,31-,32-,33-,34-,35+,36+,41-,42-,43-,44-,45+,46+,47+,48+,58+,59-/m0/s1. The summed E-state index contributed by atoms with van der Waals surface area (Å²) in [7, 11) is 0. The average molecular weight is 1480 g/mol. The average Bonchev–Trinajstić information content (AvgIpc) is 0.785. The molecule has 0 spiro atoms. The van der Waals surface area contributed by atoms with Crippen molar-refractivity contribution in [3.8, 4) is 5.75 Å². The normalized spacial score (nSPS) is 23.3. The van der Waals surface area contributed by atoms with Gasteiger partial charge in [-0.1, -0.05) is 52.7 Å². The summed E-state index contributed by atoms with van der Waals surface area (Å²) in [4.78, 5) is 178. The highest BCUT2D eigenvalue weighted by molar-refractivity contribution is 5.99. The number of hydrogen-bond donors (Lipinski definition) is 25. The minimum absolute atomic E-state index is 0.0249. The van der Waals surface area contributed by atoms with Gasteiger partial charge < -0.3 is 152 Å². The number of phenolic OH excluding ortho intramolecular Hbond substituents is 1. The number of rotatable bonds is 44. The van der Waals surface area contributed by atoms with Crippen molar-refractivity contribution in [2.45, 2.75) is 201 Å². The maximum Gasteiger partial charge on any atom is 0.305 e. The maximum atomic E-state index is 14.8. The fourth-order valence-electron chi connectivity index (χ4n) is 10.2. The van der Waals surface area contributed by atoms with Gasteiger partial charge in [0.25, 0.3) is 0 Å². The molecule has 2 aliphatic rings. The van der Waals surface area contributed by atoms with Crippen molar-refractivity contribution in [2.75, 3.05) is 39.5 Å². The number of aliphatic carboxylic acids is 1.